The highest BCUT2D eigenvalue weighted by Gasteiger charge is 2.27. The molecule has 0 aliphatic heterocycles. The molecule has 2 rings (SSSR count). The number of benzene rings is 1. The summed E-state index contributed by atoms with van der Waals surface area (Å²) in [6.07, 6.45) is 2.01. The smallest absolute Gasteiger partial charge is 0.339 e. The van der Waals surface area contributed by atoms with Crippen LogP contribution in [0, 0.1) is 5.82 Å². The molecule has 1 saturated carbocycles. The summed E-state index contributed by atoms with van der Waals surface area (Å²) in [4.78, 5) is 10.9. The lowest BCUT2D eigenvalue weighted by atomic mass is 10.1. The third-order valence-electron chi connectivity index (χ3n) is 2.55. The molecule has 1 fully saturated rings. The van der Waals surface area contributed by atoms with Gasteiger partial charge in [0.25, 0.3) is 0 Å². The van der Waals surface area contributed by atoms with Gasteiger partial charge >= 0.3 is 5.97 Å². The van der Waals surface area contributed by atoms with Crippen molar-refractivity contribution in [1.82, 2.24) is 0 Å². The van der Waals surface area contributed by atoms with E-state index >= 15 is 0 Å². The van der Waals surface area contributed by atoms with Gasteiger partial charge in [0.1, 0.15) is 5.56 Å². The Kier molecular flexibility index (Phi) is 2.34. The maximum absolute atomic E-state index is 13.5. The van der Waals surface area contributed by atoms with Gasteiger partial charge in [0, 0.05) is 0 Å². The van der Waals surface area contributed by atoms with E-state index in [1.165, 1.54) is 19.2 Å². The average molecular weight is 210 g/mol. The Labute approximate surface area is 86.5 Å². The fraction of sp³-hybridized carbons (Fsp3) is 0.364. The Hall–Kier alpha value is -1.58. The van der Waals surface area contributed by atoms with E-state index in [4.69, 9.17) is 9.84 Å². The third kappa shape index (κ3) is 1.79. The van der Waals surface area contributed by atoms with Crippen molar-refractivity contribution in [3.63, 3.8) is 0 Å². The molecule has 1 N–H and O–H groups in total. The number of carboxylic acids is 1. The number of rotatable bonds is 3. The maximum atomic E-state index is 13.5. The second-order valence-electron chi connectivity index (χ2n) is 3.66. The first-order valence-corrected chi connectivity index (χ1v) is 4.74. The van der Waals surface area contributed by atoms with E-state index in [2.05, 4.69) is 0 Å². The molecule has 0 saturated heterocycles. The highest BCUT2D eigenvalue weighted by Crippen LogP contribution is 2.42. The van der Waals surface area contributed by atoms with E-state index in [1.54, 1.807) is 0 Å². The molecule has 0 amide bonds. The van der Waals surface area contributed by atoms with Crippen LogP contribution in [0.25, 0.3) is 0 Å². The lowest BCUT2D eigenvalue weighted by molar-refractivity contribution is 0.0692. The van der Waals surface area contributed by atoms with E-state index in [0.29, 0.717) is 5.92 Å². The molecule has 0 atom stereocenters. The zero-order valence-corrected chi connectivity index (χ0v) is 8.29. The van der Waals surface area contributed by atoms with Crippen LogP contribution < -0.4 is 4.74 Å². The second-order valence-corrected chi connectivity index (χ2v) is 3.66. The largest absolute Gasteiger partial charge is 0.493 e. The molecule has 1 aliphatic rings. The number of hydrogen-bond acceptors (Lipinski definition) is 2. The summed E-state index contributed by atoms with van der Waals surface area (Å²) in [6.45, 7) is 0. The summed E-state index contributed by atoms with van der Waals surface area (Å²) in [5.41, 5.74) is 0.658. The van der Waals surface area contributed by atoms with Gasteiger partial charge in [0.05, 0.1) is 7.11 Å². The fourth-order valence-corrected chi connectivity index (χ4v) is 1.63. The SMILES string of the molecule is COc1c(F)cc(C2CC2)cc1C(=O)O. The van der Waals surface area contributed by atoms with E-state index in [-0.39, 0.29) is 11.3 Å². The monoisotopic (exact) mass is 210 g/mol. The molecule has 3 nitrogen and oxygen atoms in total. The number of carbonyl (C=O) groups is 1. The average Bonchev–Trinajstić information content (AvgIpc) is 2.99. The summed E-state index contributed by atoms with van der Waals surface area (Å²) in [5.74, 6) is -1.62. The molecule has 0 bridgehead atoms. The topological polar surface area (TPSA) is 46.5 Å². The van der Waals surface area contributed by atoms with Crippen LogP contribution in [0.3, 0.4) is 0 Å². The number of aromatic carboxylic acids is 1. The van der Waals surface area contributed by atoms with Gasteiger partial charge in [-0.3, -0.25) is 0 Å². The van der Waals surface area contributed by atoms with Crippen molar-refractivity contribution in [2.24, 2.45) is 0 Å². The Morgan fingerprint density at radius 2 is 2.20 bits per heavy atom. The normalized spacial score (nSPS) is 15.1. The van der Waals surface area contributed by atoms with Crippen molar-refractivity contribution in [3.05, 3.63) is 29.1 Å². The quantitative estimate of drug-likeness (QED) is 0.833. The van der Waals surface area contributed by atoms with Crippen LogP contribution in [-0.4, -0.2) is 18.2 Å². The summed E-state index contributed by atoms with van der Waals surface area (Å²) in [6, 6.07) is 2.87. The number of carboxylic acid groups (broad SMARTS) is 1. The lowest BCUT2D eigenvalue weighted by Crippen LogP contribution is -2.04. The van der Waals surface area contributed by atoms with Crippen LogP contribution in [0.1, 0.15) is 34.7 Å². The van der Waals surface area contributed by atoms with Crippen molar-refractivity contribution in [2.45, 2.75) is 18.8 Å². The van der Waals surface area contributed by atoms with E-state index in [0.717, 1.165) is 18.4 Å². The van der Waals surface area contributed by atoms with Crippen LogP contribution in [0.5, 0.6) is 5.75 Å². The number of ether oxygens (including phenoxy) is 1. The van der Waals surface area contributed by atoms with Crippen LogP contribution >= 0.6 is 0 Å². The summed E-state index contributed by atoms with van der Waals surface area (Å²) < 4.78 is 18.2. The van der Waals surface area contributed by atoms with Crippen molar-refractivity contribution in [2.75, 3.05) is 7.11 Å². The van der Waals surface area contributed by atoms with Crippen molar-refractivity contribution in [1.29, 1.82) is 0 Å². The van der Waals surface area contributed by atoms with Gasteiger partial charge in [-0.1, -0.05) is 0 Å². The second kappa shape index (κ2) is 3.53. The number of methoxy groups -OCH3 is 1. The third-order valence-corrected chi connectivity index (χ3v) is 2.55. The standard InChI is InChI=1S/C11H11FO3/c1-15-10-8(11(13)14)4-7(5-9(10)12)6-2-3-6/h4-6H,2-3H2,1H3,(H,13,14). The van der Waals surface area contributed by atoms with E-state index < -0.39 is 11.8 Å². The zero-order chi connectivity index (χ0) is 11.0. The van der Waals surface area contributed by atoms with Crippen LogP contribution in [0.15, 0.2) is 12.1 Å². The van der Waals surface area contributed by atoms with Crippen molar-refractivity contribution < 1.29 is 19.0 Å². The lowest BCUT2D eigenvalue weighted by Gasteiger charge is -2.08. The molecule has 0 heterocycles. The van der Waals surface area contributed by atoms with Gasteiger partial charge in [0.2, 0.25) is 0 Å². The molecule has 0 unspecified atom stereocenters. The first-order valence-electron chi connectivity index (χ1n) is 4.74. The van der Waals surface area contributed by atoms with Crippen LogP contribution in [-0.2, 0) is 0 Å². The fourth-order valence-electron chi connectivity index (χ4n) is 1.63. The Morgan fingerprint density at radius 1 is 1.53 bits per heavy atom. The molecular weight excluding hydrogens is 199 g/mol. The van der Waals surface area contributed by atoms with Crippen molar-refractivity contribution in [3.8, 4) is 5.75 Å². The molecule has 1 aromatic rings. The maximum Gasteiger partial charge on any atom is 0.339 e. The summed E-state index contributed by atoms with van der Waals surface area (Å²) in [5, 5.41) is 8.90. The molecule has 80 valence electrons. The molecule has 1 aromatic carbocycles. The minimum atomic E-state index is -1.16. The molecule has 0 aromatic heterocycles. The van der Waals surface area contributed by atoms with Gasteiger partial charge in [-0.25, -0.2) is 9.18 Å². The highest BCUT2D eigenvalue weighted by atomic mass is 19.1. The van der Waals surface area contributed by atoms with Crippen LogP contribution in [0.4, 0.5) is 4.39 Å². The Bertz CT molecular complexity index is 411. The number of halogens is 1. The minimum Gasteiger partial charge on any atom is -0.493 e. The van der Waals surface area contributed by atoms with Crippen LogP contribution in [0.2, 0.25) is 0 Å². The molecular formula is C11H11FO3. The molecule has 1 aliphatic carbocycles. The van der Waals surface area contributed by atoms with Crippen molar-refractivity contribution >= 4 is 5.97 Å². The predicted molar refractivity (Wildman–Crippen MR) is 51.9 cm³/mol. The molecule has 0 spiro atoms. The number of hydrogen-bond donors (Lipinski definition) is 1. The highest BCUT2D eigenvalue weighted by molar-refractivity contribution is 5.91. The molecule has 4 heteroatoms. The van der Waals surface area contributed by atoms with E-state index in [9.17, 15) is 9.18 Å². The Morgan fingerprint density at radius 3 is 2.67 bits per heavy atom. The van der Waals surface area contributed by atoms with Gasteiger partial charge in [0.15, 0.2) is 11.6 Å². The van der Waals surface area contributed by atoms with E-state index in [1.807, 2.05) is 0 Å². The first kappa shape index (κ1) is 9.96. The zero-order valence-electron chi connectivity index (χ0n) is 8.29. The van der Waals surface area contributed by atoms with Gasteiger partial charge in [-0.15, -0.1) is 0 Å². The Balaban J connectivity index is 2.52. The molecule has 15 heavy (non-hydrogen) atoms. The van der Waals surface area contributed by atoms with Gasteiger partial charge < -0.3 is 9.84 Å². The molecule has 0 radical (unpaired) electrons. The summed E-state index contributed by atoms with van der Waals surface area (Å²) >= 11 is 0. The first-order chi connectivity index (χ1) is 7.13. The van der Waals surface area contributed by atoms with Gasteiger partial charge in [-0.2, -0.15) is 0 Å². The predicted octanol–water partition coefficient (Wildman–Crippen LogP) is 2.41. The van der Waals surface area contributed by atoms with Gasteiger partial charge in [-0.05, 0) is 36.5 Å². The summed E-state index contributed by atoms with van der Waals surface area (Å²) in [7, 11) is 1.27. The minimum absolute atomic E-state index is 0.0978.